The van der Waals surface area contributed by atoms with Gasteiger partial charge in [0.25, 0.3) is 0 Å². The largest absolute Gasteiger partial charge is 0.333 e. The molecule has 0 aromatic heterocycles. The summed E-state index contributed by atoms with van der Waals surface area (Å²) in [5, 5.41) is 0. The minimum Gasteiger partial charge on any atom is -0.333 e. The molecule has 0 bridgehead atoms. The van der Waals surface area contributed by atoms with E-state index in [0.29, 0.717) is 0 Å². The molecule has 2 rings (SSSR count). The summed E-state index contributed by atoms with van der Waals surface area (Å²) in [6.45, 7) is 4.31. The van der Waals surface area contributed by atoms with Crippen LogP contribution in [0.4, 0.5) is 0 Å². The third kappa shape index (κ3) is 1.10. The van der Waals surface area contributed by atoms with E-state index in [1.165, 1.54) is 22.8 Å². The topological polar surface area (TPSA) is 6.48 Å². The van der Waals surface area contributed by atoms with E-state index in [1.54, 1.807) is 0 Å². The summed E-state index contributed by atoms with van der Waals surface area (Å²) < 4.78 is 0. The molecule has 14 heavy (non-hydrogen) atoms. The molecule has 0 radical (unpaired) electrons. The SMILES string of the molecule is CC1=C(C)N(C)C(=C2C=CC=C2)N1C. The molecule has 0 amide bonds. The molecule has 2 heteroatoms. The summed E-state index contributed by atoms with van der Waals surface area (Å²) in [5.41, 5.74) is 3.93. The molecular weight excluding hydrogens is 172 g/mol. The number of hydrogen-bond donors (Lipinski definition) is 0. The van der Waals surface area contributed by atoms with Crippen molar-refractivity contribution in [2.24, 2.45) is 0 Å². The van der Waals surface area contributed by atoms with Crippen LogP contribution in [-0.2, 0) is 0 Å². The Morgan fingerprint density at radius 2 is 1.29 bits per heavy atom. The van der Waals surface area contributed by atoms with Crippen molar-refractivity contribution in [3.05, 3.63) is 47.1 Å². The molecule has 0 aromatic carbocycles. The number of rotatable bonds is 0. The van der Waals surface area contributed by atoms with E-state index in [0.717, 1.165) is 0 Å². The maximum atomic E-state index is 2.24. The number of nitrogens with zero attached hydrogens (tertiary/aromatic N) is 2. The normalized spacial score (nSPS) is 20.9. The molecule has 0 atom stereocenters. The van der Waals surface area contributed by atoms with Gasteiger partial charge in [0.05, 0.1) is 0 Å². The lowest BCUT2D eigenvalue weighted by atomic mass is 10.3. The highest BCUT2D eigenvalue weighted by Gasteiger charge is 2.25. The summed E-state index contributed by atoms with van der Waals surface area (Å²) >= 11 is 0. The molecule has 1 aliphatic heterocycles. The molecule has 0 N–H and O–H groups in total. The molecule has 2 aliphatic rings. The molecule has 1 heterocycles. The maximum Gasteiger partial charge on any atom is 0.119 e. The van der Waals surface area contributed by atoms with Gasteiger partial charge in [-0.3, -0.25) is 0 Å². The molecular formula is C12H16N2. The molecule has 0 fully saturated rings. The van der Waals surface area contributed by atoms with Gasteiger partial charge < -0.3 is 9.80 Å². The van der Waals surface area contributed by atoms with Gasteiger partial charge in [0.1, 0.15) is 5.82 Å². The van der Waals surface area contributed by atoms with E-state index >= 15 is 0 Å². The third-order valence-electron chi connectivity index (χ3n) is 3.09. The highest BCUT2D eigenvalue weighted by molar-refractivity contribution is 5.45. The van der Waals surface area contributed by atoms with E-state index in [2.05, 4.69) is 62.0 Å². The van der Waals surface area contributed by atoms with Crippen molar-refractivity contribution < 1.29 is 0 Å². The van der Waals surface area contributed by atoms with Gasteiger partial charge in [0.15, 0.2) is 0 Å². The van der Waals surface area contributed by atoms with Crippen molar-refractivity contribution in [3.8, 4) is 0 Å². The third-order valence-corrected chi connectivity index (χ3v) is 3.09. The molecule has 1 aliphatic carbocycles. The van der Waals surface area contributed by atoms with Crippen molar-refractivity contribution in [2.45, 2.75) is 13.8 Å². The Labute approximate surface area is 85.5 Å². The van der Waals surface area contributed by atoms with Gasteiger partial charge in [0, 0.05) is 31.1 Å². The van der Waals surface area contributed by atoms with Crippen LogP contribution in [0.15, 0.2) is 47.1 Å². The van der Waals surface area contributed by atoms with Crippen LogP contribution in [0.2, 0.25) is 0 Å². The van der Waals surface area contributed by atoms with Gasteiger partial charge in [-0.2, -0.15) is 0 Å². The Hall–Kier alpha value is -1.44. The highest BCUT2D eigenvalue weighted by Crippen LogP contribution is 2.32. The second-order valence-corrected chi connectivity index (χ2v) is 3.79. The summed E-state index contributed by atoms with van der Waals surface area (Å²) in [4.78, 5) is 4.48. The molecule has 0 aromatic rings. The molecule has 0 saturated carbocycles. The van der Waals surface area contributed by atoms with E-state index in [4.69, 9.17) is 0 Å². The standard InChI is InChI=1S/C12H16N2/c1-9-10(2)14(4)12(13(9)3)11-7-5-6-8-11/h5-8H,1-4H3. The summed E-state index contributed by atoms with van der Waals surface area (Å²) in [5.74, 6) is 1.27. The average molecular weight is 188 g/mol. The zero-order chi connectivity index (χ0) is 10.3. The molecule has 0 unspecified atom stereocenters. The van der Waals surface area contributed by atoms with Gasteiger partial charge in [-0.15, -0.1) is 0 Å². The quantitative estimate of drug-likeness (QED) is 0.576. The maximum absolute atomic E-state index is 2.24. The van der Waals surface area contributed by atoms with Crippen LogP contribution in [0, 0.1) is 0 Å². The minimum absolute atomic E-state index is 1.27. The zero-order valence-electron chi connectivity index (χ0n) is 9.20. The van der Waals surface area contributed by atoms with E-state index < -0.39 is 0 Å². The Bertz CT molecular complexity index is 349. The van der Waals surface area contributed by atoms with Crippen molar-refractivity contribution in [2.75, 3.05) is 14.1 Å². The minimum atomic E-state index is 1.27. The van der Waals surface area contributed by atoms with Crippen LogP contribution in [-0.4, -0.2) is 23.9 Å². The van der Waals surface area contributed by atoms with Crippen LogP contribution in [0.25, 0.3) is 0 Å². The average Bonchev–Trinajstić information content (AvgIpc) is 2.73. The molecule has 0 saturated heterocycles. The fourth-order valence-electron chi connectivity index (χ4n) is 1.94. The monoisotopic (exact) mass is 188 g/mol. The lowest BCUT2D eigenvalue weighted by Crippen LogP contribution is -2.20. The van der Waals surface area contributed by atoms with Crippen molar-refractivity contribution in [3.63, 3.8) is 0 Å². The van der Waals surface area contributed by atoms with Gasteiger partial charge in [-0.25, -0.2) is 0 Å². The van der Waals surface area contributed by atoms with Crippen LogP contribution in [0.1, 0.15) is 13.8 Å². The number of hydrogen-bond acceptors (Lipinski definition) is 2. The fraction of sp³-hybridized carbons (Fsp3) is 0.333. The molecule has 2 nitrogen and oxygen atoms in total. The van der Waals surface area contributed by atoms with Crippen LogP contribution in [0.3, 0.4) is 0 Å². The second-order valence-electron chi connectivity index (χ2n) is 3.79. The van der Waals surface area contributed by atoms with Crippen molar-refractivity contribution in [1.82, 2.24) is 9.80 Å². The van der Waals surface area contributed by atoms with Gasteiger partial charge >= 0.3 is 0 Å². The summed E-state index contributed by atoms with van der Waals surface area (Å²) in [7, 11) is 4.23. The van der Waals surface area contributed by atoms with Gasteiger partial charge in [0.2, 0.25) is 0 Å². The zero-order valence-corrected chi connectivity index (χ0v) is 9.20. The first-order chi connectivity index (χ1) is 6.63. The van der Waals surface area contributed by atoms with E-state index in [1.807, 2.05) is 0 Å². The van der Waals surface area contributed by atoms with Crippen LogP contribution >= 0.6 is 0 Å². The summed E-state index contributed by atoms with van der Waals surface area (Å²) in [6.07, 6.45) is 8.45. The predicted octanol–water partition coefficient (Wildman–Crippen LogP) is 2.45. The highest BCUT2D eigenvalue weighted by atomic mass is 15.4. The first kappa shape index (κ1) is 9.13. The Kier molecular flexibility index (Phi) is 1.99. The first-order valence-corrected chi connectivity index (χ1v) is 4.87. The second kappa shape index (κ2) is 3.05. The Morgan fingerprint density at radius 3 is 1.71 bits per heavy atom. The van der Waals surface area contributed by atoms with Crippen LogP contribution in [0.5, 0.6) is 0 Å². The Morgan fingerprint density at radius 1 is 0.857 bits per heavy atom. The smallest absolute Gasteiger partial charge is 0.119 e. The van der Waals surface area contributed by atoms with Gasteiger partial charge in [-0.1, -0.05) is 24.3 Å². The summed E-state index contributed by atoms with van der Waals surface area (Å²) in [6, 6.07) is 0. The van der Waals surface area contributed by atoms with Gasteiger partial charge in [-0.05, 0) is 13.8 Å². The molecule has 74 valence electrons. The first-order valence-electron chi connectivity index (χ1n) is 4.87. The van der Waals surface area contributed by atoms with Crippen molar-refractivity contribution in [1.29, 1.82) is 0 Å². The van der Waals surface area contributed by atoms with Crippen molar-refractivity contribution >= 4 is 0 Å². The number of allylic oxidation sites excluding steroid dienone is 7. The van der Waals surface area contributed by atoms with Crippen LogP contribution < -0.4 is 0 Å². The van der Waals surface area contributed by atoms with E-state index in [9.17, 15) is 0 Å². The van der Waals surface area contributed by atoms with E-state index in [-0.39, 0.29) is 0 Å². The lowest BCUT2D eigenvalue weighted by molar-refractivity contribution is 0.419. The Balaban J connectivity index is 2.47. The fourth-order valence-corrected chi connectivity index (χ4v) is 1.94. The predicted molar refractivity (Wildman–Crippen MR) is 59.2 cm³/mol. The molecule has 0 spiro atoms. The lowest BCUT2D eigenvalue weighted by Gasteiger charge is -2.22.